The summed E-state index contributed by atoms with van der Waals surface area (Å²) in [6.45, 7) is 0.722. The van der Waals surface area contributed by atoms with Gasteiger partial charge in [-0.1, -0.05) is 12.1 Å². The monoisotopic (exact) mass is 497 g/mol. The zero-order chi connectivity index (χ0) is 22.5. The Hall–Kier alpha value is -2.75. The first-order valence-electron chi connectivity index (χ1n) is 10.5. The molecule has 3 heterocycles. The number of amides is 1. The maximum Gasteiger partial charge on any atom is 0.272 e. The fourth-order valence-electron chi connectivity index (χ4n) is 5.37. The van der Waals surface area contributed by atoms with Crippen molar-refractivity contribution in [1.29, 1.82) is 0 Å². The predicted octanol–water partition coefficient (Wildman–Crippen LogP) is 2.60. The van der Waals surface area contributed by atoms with Crippen LogP contribution in [-0.4, -0.2) is 53.5 Å². The molecule has 9 heteroatoms. The van der Waals surface area contributed by atoms with Crippen LogP contribution < -0.4 is 11.0 Å². The number of hydrazine groups is 1. The maximum atomic E-state index is 12.6. The van der Waals surface area contributed by atoms with Gasteiger partial charge in [-0.05, 0) is 59.1 Å². The molecular formula is C23H24BrN5O3. The van der Waals surface area contributed by atoms with Gasteiger partial charge in [0, 0.05) is 54.1 Å². The summed E-state index contributed by atoms with van der Waals surface area (Å²) < 4.78 is 8.76. The number of ether oxygens (including phenoxy) is 1. The van der Waals surface area contributed by atoms with Crippen LogP contribution in [0.5, 0.6) is 0 Å². The van der Waals surface area contributed by atoms with Gasteiger partial charge in [0.25, 0.3) is 5.91 Å². The molecule has 2 N–H and O–H groups in total. The fourth-order valence-corrected chi connectivity index (χ4v) is 5.73. The number of pyridine rings is 1. The van der Waals surface area contributed by atoms with E-state index in [1.54, 1.807) is 19.4 Å². The predicted molar refractivity (Wildman–Crippen MR) is 124 cm³/mol. The highest BCUT2D eigenvalue weighted by Gasteiger charge is 2.51. The van der Waals surface area contributed by atoms with Crippen LogP contribution in [0.4, 0.5) is 0 Å². The smallest absolute Gasteiger partial charge is 0.272 e. The van der Waals surface area contributed by atoms with E-state index in [-0.39, 0.29) is 17.9 Å². The van der Waals surface area contributed by atoms with Gasteiger partial charge < -0.3 is 9.53 Å². The van der Waals surface area contributed by atoms with Crippen molar-refractivity contribution in [3.8, 4) is 0 Å². The van der Waals surface area contributed by atoms with Crippen LogP contribution in [0.25, 0.3) is 10.9 Å². The molecule has 3 aromatic rings. The van der Waals surface area contributed by atoms with Gasteiger partial charge in [-0.3, -0.25) is 20.1 Å². The molecule has 3 atom stereocenters. The molecule has 1 aliphatic carbocycles. The number of halogens is 1. The number of carbonyl (C=O) groups excluding carboxylic acids is 2. The lowest BCUT2D eigenvalue weighted by molar-refractivity contribution is -0.137. The third-order valence-electron chi connectivity index (χ3n) is 6.75. The number of piperidine rings is 1. The zero-order valence-electron chi connectivity index (χ0n) is 17.8. The van der Waals surface area contributed by atoms with Crippen molar-refractivity contribution in [3.05, 3.63) is 64.0 Å². The third kappa shape index (κ3) is 3.23. The van der Waals surface area contributed by atoms with Crippen molar-refractivity contribution >= 4 is 39.0 Å². The fraction of sp³-hybridized carbons (Fsp3) is 0.348. The Morgan fingerprint density at radius 3 is 2.97 bits per heavy atom. The second-order valence-corrected chi connectivity index (χ2v) is 9.45. The number of carbonyl (C=O) groups is 2. The first kappa shape index (κ1) is 21.1. The number of rotatable bonds is 5. The summed E-state index contributed by atoms with van der Waals surface area (Å²) in [5, 5.41) is 1.11. The van der Waals surface area contributed by atoms with Crippen molar-refractivity contribution < 1.29 is 14.3 Å². The number of likely N-dealkylation sites (N-methyl/N-ethyl adjacent to an activating group) is 1. The van der Waals surface area contributed by atoms with Crippen LogP contribution in [0.1, 0.15) is 27.9 Å². The number of nitrogens with zero attached hydrogens (tertiary/aromatic N) is 3. The largest absolute Gasteiger partial charge is 0.372 e. The first-order valence-corrected chi connectivity index (χ1v) is 11.3. The first-order chi connectivity index (χ1) is 15.5. The van der Waals surface area contributed by atoms with E-state index in [1.165, 1.54) is 11.8 Å². The second-order valence-electron chi connectivity index (χ2n) is 8.54. The quantitative estimate of drug-likeness (QED) is 0.416. The van der Waals surface area contributed by atoms with Gasteiger partial charge in [-0.25, -0.2) is 10.2 Å². The zero-order valence-corrected chi connectivity index (χ0v) is 19.4. The average Bonchev–Trinajstić information content (AvgIpc) is 3.16. The van der Waals surface area contributed by atoms with Crippen molar-refractivity contribution in [2.24, 2.45) is 5.92 Å². The average molecular weight is 498 g/mol. The molecule has 1 saturated heterocycles. The molecule has 0 saturated carbocycles. The minimum atomic E-state index is -0.553. The molecule has 32 heavy (non-hydrogen) atoms. The van der Waals surface area contributed by atoms with Crippen LogP contribution in [0.15, 0.2) is 47.3 Å². The Labute approximate surface area is 194 Å². The maximum absolute atomic E-state index is 12.6. The summed E-state index contributed by atoms with van der Waals surface area (Å²) in [7, 11) is 3.79. The highest BCUT2D eigenvalue weighted by atomic mass is 79.9. The lowest BCUT2D eigenvalue weighted by atomic mass is 9.69. The van der Waals surface area contributed by atoms with Crippen molar-refractivity contribution in [3.63, 3.8) is 0 Å². The molecule has 1 aromatic carbocycles. The number of hydrogen-bond acceptors (Lipinski definition) is 6. The Balaban J connectivity index is 1.51. The van der Waals surface area contributed by atoms with Gasteiger partial charge >= 0.3 is 0 Å². The van der Waals surface area contributed by atoms with E-state index in [1.807, 2.05) is 23.0 Å². The van der Waals surface area contributed by atoms with Crippen molar-refractivity contribution in [2.75, 3.05) is 26.2 Å². The number of likely N-dealkylation sites (tertiary alicyclic amines) is 1. The molecule has 2 aromatic heterocycles. The molecule has 1 amide bonds. The van der Waals surface area contributed by atoms with Crippen LogP contribution in [0, 0.1) is 5.92 Å². The number of methoxy groups -OCH3 is 1. The number of aldehydes is 1. The third-order valence-corrected chi connectivity index (χ3v) is 7.18. The molecule has 1 fully saturated rings. The number of nitrogens with one attached hydrogen (secondary N) is 2. The van der Waals surface area contributed by atoms with E-state index in [9.17, 15) is 9.59 Å². The summed E-state index contributed by atoms with van der Waals surface area (Å²) in [5.41, 5.74) is 8.87. The van der Waals surface area contributed by atoms with E-state index >= 15 is 0 Å². The van der Waals surface area contributed by atoms with E-state index in [0.29, 0.717) is 12.0 Å². The minimum absolute atomic E-state index is 0.0775. The van der Waals surface area contributed by atoms with Crippen LogP contribution in [-0.2, 0) is 21.6 Å². The highest BCUT2D eigenvalue weighted by Crippen LogP contribution is 2.49. The van der Waals surface area contributed by atoms with E-state index in [2.05, 4.69) is 49.9 Å². The molecule has 0 radical (unpaired) electrons. The lowest BCUT2D eigenvalue weighted by Crippen LogP contribution is -2.59. The summed E-state index contributed by atoms with van der Waals surface area (Å²) >= 11 is 3.34. The number of benzene rings is 1. The highest BCUT2D eigenvalue weighted by molar-refractivity contribution is 9.10. The van der Waals surface area contributed by atoms with E-state index < -0.39 is 5.60 Å². The molecule has 166 valence electrons. The van der Waals surface area contributed by atoms with E-state index in [0.717, 1.165) is 40.2 Å². The summed E-state index contributed by atoms with van der Waals surface area (Å²) in [4.78, 5) is 30.5. The molecule has 2 aliphatic rings. The van der Waals surface area contributed by atoms with Crippen LogP contribution in [0.3, 0.4) is 0 Å². The van der Waals surface area contributed by atoms with Gasteiger partial charge in [0.15, 0.2) is 0 Å². The summed E-state index contributed by atoms with van der Waals surface area (Å²) in [6.07, 6.45) is 7.66. The summed E-state index contributed by atoms with van der Waals surface area (Å²) in [5.74, 6) is -0.366. The number of aromatic nitrogens is 2. The molecule has 1 aliphatic heterocycles. The van der Waals surface area contributed by atoms with Gasteiger partial charge in [0.1, 0.15) is 11.9 Å². The SMILES string of the molecule is CO[C@]12CC(C=O)CN(C)[C@@H]1Cc1cn(NNC(=O)c3cncc(Br)c3)c3cccc2c13. The molecule has 0 bridgehead atoms. The Kier molecular flexibility index (Phi) is 5.27. The van der Waals surface area contributed by atoms with Gasteiger partial charge in [-0.2, -0.15) is 0 Å². The number of fused-ring (bicyclic) bond motifs is 2. The Morgan fingerprint density at radius 1 is 1.38 bits per heavy atom. The second kappa shape index (κ2) is 7.99. The van der Waals surface area contributed by atoms with Crippen LogP contribution >= 0.6 is 15.9 Å². The van der Waals surface area contributed by atoms with Crippen molar-refractivity contribution in [1.82, 2.24) is 20.0 Å². The minimum Gasteiger partial charge on any atom is -0.372 e. The van der Waals surface area contributed by atoms with Gasteiger partial charge in [0.05, 0.1) is 11.1 Å². The van der Waals surface area contributed by atoms with Crippen LogP contribution in [0.2, 0.25) is 0 Å². The number of hydrogen-bond donors (Lipinski definition) is 2. The standard InChI is InChI=1S/C23H24BrN5O3/c1-28-11-14(13-30)8-23(32-2)18-4-3-5-19-21(18)16(7-20(23)28)12-29(19)27-26-22(31)15-6-17(24)10-25-9-15/h3-6,9-10,12-14,20,27H,7-8,11H2,1-2H3,(H,26,31)/t14?,20-,23+/m1/s1. The van der Waals surface area contributed by atoms with Crippen molar-refractivity contribution in [2.45, 2.75) is 24.5 Å². The van der Waals surface area contributed by atoms with Gasteiger partial charge in [-0.15, -0.1) is 0 Å². The molecule has 1 unspecified atom stereocenters. The lowest BCUT2D eigenvalue weighted by Gasteiger charge is -2.52. The van der Waals surface area contributed by atoms with E-state index in [4.69, 9.17) is 4.74 Å². The summed E-state index contributed by atoms with van der Waals surface area (Å²) in [6, 6.07) is 7.93. The Bertz CT molecular complexity index is 1210. The molecule has 5 rings (SSSR count). The normalized spacial score (nSPS) is 24.7. The van der Waals surface area contributed by atoms with Gasteiger partial charge in [0.2, 0.25) is 0 Å². The topological polar surface area (TPSA) is 88.5 Å². The Morgan fingerprint density at radius 2 is 2.22 bits per heavy atom. The molecule has 8 nitrogen and oxygen atoms in total. The molecule has 0 spiro atoms. The molecular weight excluding hydrogens is 474 g/mol.